The summed E-state index contributed by atoms with van der Waals surface area (Å²) in [6.45, 7) is 0.223. The number of carbonyl (C=O) groups is 2. The van der Waals surface area contributed by atoms with Crippen molar-refractivity contribution in [1.29, 1.82) is 0 Å². The van der Waals surface area contributed by atoms with Crippen molar-refractivity contribution < 1.29 is 14.3 Å². The molecule has 0 aliphatic rings. The minimum absolute atomic E-state index is 0.0461. The number of hydrazine groups is 1. The molecule has 0 aliphatic carbocycles. The van der Waals surface area contributed by atoms with Gasteiger partial charge < -0.3 is 9.53 Å². The van der Waals surface area contributed by atoms with Gasteiger partial charge in [-0.15, -0.1) is 0 Å². The number of carbonyl (C=O) groups excluding carboxylic acids is 2. The van der Waals surface area contributed by atoms with E-state index in [1.54, 1.807) is 12.1 Å². The number of anilines is 1. The van der Waals surface area contributed by atoms with Crippen molar-refractivity contribution in [2.24, 2.45) is 0 Å². The first kappa shape index (κ1) is 14.6. The van der Waals surface area contributed by atoms with Gasteiger partial charge in [0.2, 0.25) is 0 Å². The van der Waals surface area contributed by atoms with Crippen LogP contribution >= 0.6 is 0 Å². The van der Waals surface area contributed by atoms with Crippen molar-refractivity contribution in [3.63, 3.8) is 0 Å². The van der Waals surface area contributed by atoms with Gasteiger partial charge >= 0.3 is 6.09 Å². The van der Waals surface area contributed by atoms with E-state index in [0.717, 1.165) is 5.56 Å². The number of nitrogens with zero attached hydrogens (tertiary/aromatic N) is 1. The molecule has 1 amide bonds. The molecule has 0 saturated heterocycles. The van der Waals surface area contributed by atoms with Gasteiger partial charge in [0.25, 0.3) is 0 Å². The quantitative estimate of drug-likeness (QED) is 0.654. The zero-order chi connectivity index (χ0) is 14.9. The number of ether oxygens (including phenoxy) is 1. The Morgan fingerprint density at radius 2 is 1.67 bits per heavy atom. The molecular weight excluding hydrogens is 268 g/mol. The number of amides is 1. The van der Waals surface area contributed by atoms with Gasteiger partial charge in [-0.05, 0) is 17.7 Å². The first-order chi connectivity index (χ1) is 10.3. The van der Waals surface area contributed by atoms with Gasteiger partial charge in [-0.1, -0.05) is 48.5 Å². The molecule has 0 atom stereocenters. The van der Waals surface area contributed by atoms with Crippen LogP contribution in [0.1, 0.15) is 5.56 Å². The second kappa shape index (κ2) is 7.69. The fraction of sp³-hybridized carbons (Fsp3) is 0.125. The molecule has 5 nitrogen and oxygen atoms in total. The maximum Gasteiger partial charge on any atom is 0.426 e. The monoisotopic (exact) mass is 284 g/mol. The highest BCUT2D eigenvalue weighted by molar-refractivity contribution is 5.72. The molecule has 2 aromatic rings. The molecule has 0 aromatic heterocycles. The third-order valence-electron chi connectivity index (χ3n) is 2.76. The molecule has 0 bridgehead atoms. The molecule has 2 aromatic carbocycles. The lowest BCUT2D eigenvalue weighted by atomic mass is 10.2. The average molecular weight is 284 g/mol. The summed E-state index contributed by atoms with van der Waals surface area (Å²) in [5.41, 5.74) is 4.15. The lowest BCUT2D eigenvalue weighted by Gasteiger charge is -2.22. The van der Waals surface area contributed by atoms with E-state index in [2.05, 4.69) is 5.43 Å². The molecule has 2 rings (SSSR count). The maximum absolute atomic E-state index is 11.8. The third-order valence-corrected chi connectivity index (χ3v) is 2.76. The van der Waals surface area contributed by atoms with E-state index in [9.17, 15) is 9.59 Å². The molecule has 5 heteroatoms. The number of hydrogen-bond donors (Lipinski definition) is 1. The van der Waals surface area contributed by atoms with Gasteiger partial charge in [-0.3, -0.25) is 5.01 Å². The number of benzene rings is 2. The van der Waals surface area contributed by atoms with E-state index < -0.39 is 6.09 Å². The third kappa shape index (κ3) is 4.65. The van der Waals surface area contributed by atoms with Crippen LogP contribution in [0.2, 0.25) is 0 Å². The van der Waals surface area contributed by atoms with Crippen molar-refractivity contribution >= 4 is 18.1 Å². The van der Waals surface area contributed by atoms with Crippen LogP contribution in [-0.2, 0) is 16.1 Å². The standard InChI is InChI=1S/C16H16N2O3/c19-12-11-18(15-9-5-2-6-10-15)17-16(20)21-13-14-7-3-1-4-8-14/h1-10,12H,11,13H2,(H,17,20). The Balaban J connectivity index is 1.91. The van der Waals surface area contributed by atoms with Crippen LogP contribution in [0.4, 0.5) is 10.5 Å². The Morgan fingerprint density at radius 1 is 1.05 bits per heavy atom. The normalized spacial score (nSPS) is 9.71. The predicted molar refractivity (Wildman–Crippen MR) is 79.6 cm³/mol. The summed E-state index contributed by atoms with van der Waals surface area (Å²) < 4.78 is 5.12. The summed E-state index contributed by atoms with van der Waals surface area (Å²) >= 11 is 0. The van der Waals surface area contributed by atoms with E-state index in [1.807, 2.05) is 48.5 Å². The molecule has 0 radical (unpaired) electrons. The van der Waals surface area contributed by atoms with E-state index in [-0.39, 0.29) is 13.2 Å². The van der Waals surface area contributed by atoms with Crippen molar-refractivity contribution in [3.05, 3.63) is 66.2 Å². The zero-order valence-corrected chi connectivity index (χ0v) is 11.4. The average Bonchev–Trinajstić information content (AvgIpc) is 2.54. The lowest BCUT2D eigenvalue weighted by molar-refractivity contribution is -0.106. The molecule has 1 N–H and O–H groups in total. The smallest absolute Gasteiger partial charge is 0.426 e. The van der Waals surface area contributed by atoms with Gasteiger partial charge in [0.15, 0.2) is 0 Å². The fourth-order valence-electron chi connectivity index (χ4n) is 1.76. The highest BCUT2D eigenvalue weighted by Gasteiger charge is 2.10. The summed E-state index contributed by atoms with van der Waals surface area (Å²) in [5.74, 6) is 0. The molecule has 0 spiro atoms. The first-order valence-electron chi connectivity index (χ1n) is 6.53. The highest BCUT2D eigenvalue weighted by Crippen LogP contribution is 2.10. The van der Waals surface area contributed by atoms with Crippen molar-refractivity contribution in [2.45, 2.75) is 6.61 Å². The van der Waals surface area contributed by atoms with Crippen molar-refractivity contribution in [2.75, 3.05) is 11.6 Å². The van der Waals surface area contributed by atoms with Crippen LogP contribution in [0.15, 0.2) is 60.7 Å². The molecule has 108 valence electrons. The van der Waals surface area contributed by atoms with Crippen LogP contribution in [-0.4, -0.2) is 18.9 Å². The molecule has 21 heavy (non-hydrogen) atoms. The first-order valence-corrected chi connectivity index (χ1v) is 6.53. The maximum atomic E-state index is 11.8. The minimum atomic E-state index is -0.607. The highest BCUT2D eigenvalue weighted by atomic mass is 16.6. The second-order valence-electron chi connectivity index (χ2n) is 4.29. The number of nitrogens with one attached hydrogen (secondary N) is 1. The summed E-state index contributed by atoms with van der Waals surface area (Å²) in [7, 11) is 0. The Kier molecular flexibility index (Phi) is 5.34. The molecule has 0 fully saturated rings. The van der Waals surface area contributed by atoms with Crippen LogP contribution < -0.4 is 10.4 Å². The van der Waals surface area contributed by atoms with Gasteiger partial charge in [0, 0.05) is 0 Å². The van der Waals surface area contributed by atoms with Gasteiger partial charge in [0.05, 0.1) is 12.2 Å². The number of aldehydes is 1. The Labute approximate surface area is 123 Å². The second-order valence-corrected chi connectivity index (χ2v) is 4.29. The lowest BCUT2D eigenvalue weighted by Crippen LogP contribution is -2.43. The summed E-state index contributed by atoms with van der Waals surface area (Å²) in [5, 5.41) is 1.43. The van der Waals surface area contributed by atoms with E-state index in [0.29, 0.717) is 12.0 Å². The van der Waals surface area contributed by atoms with E-state index in [4.69, 9.17) is 4.74 Å². The SMILES string of the molecule is O=CCN(NC(=O)OCc1ccccc1)c1ccccc1. The topological polar surface area (TPSA) is 58.6 Å². The molecule has 0 saturated carbocycles. The summed E-state index contributed by atoms with van der Waals surface area (Å²) in [6.07, 6.45) is 0.106. The Hall–Kier alpha value is -2.82. The molecule has 0 aliphatic heterocycles. The zero-order valence-electron chi connectivity index (χ0n) is 11.4. The van der Waals surface area contributed by atoms with E-state index in [1.165, 1.54) is 5.01 Å². The summed E-state index contributed by atoms with van der Waals surface area (Å²) in [4.78, 5) is 22.5. The van der Waals surface area contributed by atoms with Crippen LogP contribution in [0, 0.1) is 0 Å². The molecule has 0 unspecified atom stereocenters. The fourth-order valence-corrected chi connectivity index (χ4v) is 1.76. The van der Waals surface area contributed by atoms with E-state index >= 15 is 0 Å². The summed E-state index contributed by atoms with van der Waals surface area (Å²) in [6, 6.07) is 18.5. The molecule has 0 heterocycles. The molecular formula is C16H16N2O3. The van der Waals surface area contributed by atoms with Gasteiger partial charge in [0.1, 0.15) is 12.9 Å². The van der Waals surface area contributed by atoms with Gasteiger partial charge in [-0.2, -0.15) is 0 Å². The number of hydrogen-bond acceptors (Lipinski definition) is 4. The van der Waals surface area contributed by atoms with Crippen LogP contribution in [0.25, 0.3) is 0 Å². The Morgan fingerprint density at radius 3 is 2.29 bits per heavy atom. The predicted octanol–water partition coefficient (Wildman–Crippen LogP) is 2.53. The van der Waals surface area contributed by atoms with Crippen LogP contribution in [0.3, 0.4) is 0 Å². The van der Waals surface area contributed by atoms with Crippen molar-refractivity contribution in [3.8, 4) is 0 Å². The van der Waals surface area contributed by atoms with Crippen molar-refractivity contribution in [1.82, 2.24) is 5.43 Å². The Bertz CT molecular complexity index is 573. The number of para-hydroxylation sites is 1. The minimum Gasteiger partial charge on any atom is -0.443 e. The van der Waals surface area contributed by atoms with Crippen LogP contribution in [0.5, 0.6) is 0 Å². The number of rotatable bonds is 6. The largest absolute Gasteiger partial charge is 0.443 e. The van der Waals surface area contributed by atoms with Gasteiger partial charge in [-0.25, -0.2) is 10.2 Å².